The van der Waals surface area contributed by atoms with Gasteiger partial charge in [-0.25, -0.2) is 4.98 Å². The lowest BCUT2D eigenvalue weighted by Crippen LogP contribution is -2.49. The van der Waals surface area contributed by atoms with Gasteiger partial charge in [0, 0.05) is 38.9 Å². The fourth-order valence-electron chi connectivity index (χ4n) is 2.24. The Hall–Kier alpha value is -2.15. The van der Waals surface area contributed by atoms with E-state index in [0.29, 0.717) is 39.1 Å². The van der Waals surface area contributed by atoms with Crippen molar-refractivity contribution in [1.82, 2.24) is 14.8 Å². The quantitative estimate of drug-likeness (QED) is 0.793. The van der Waals surface area contributed by atoms with Crippen molar-refractivity contribution in [2.75, 3.05) is 39.8 Å². The van der Waals surface area contributed by atoms with Gasteiger partial charge in [0.1, 0.15) is 5.75 Å². The van der Waals surface area contributed by atoms with Crippen LogP contribution in [0.5, 0.6) is 5.75 Å². The van der Waals surface area contributed by atoms with E-state index in [1.54, 1.807) is 11.0 Å². The highest BCUT2D eigenvalue weighted by Gasteiger charge is 2.24. The topological polar surface area (TPSA) is 83.0 Å². The van der Waals surface area contributed by atoms with Crippen LogP contribution in [0.2, 0.25) is 0 Å². The van der Waals surface area contributed by atoms with Crippen molar-refractivity contribution in [3.8, 4) is 5.75 Å². The summed E-state index contributed by atoms with van der Waals surface area (Å²) in [5, 5.41) is 9.66. The van der Waals surface area contributed by atoms with Gasteiger partial charge in [-0.1, -0.05) is 0 Å². The minimum Gasteiger partial charge on any atom is -0.505 e. The van der Waals surface area contributed by atoms with E-state index in [1.807, 2.05) is 0 Å². The fraction of sp³-hybridized carbons (Fsp3) is 0.500. The van der Waals surface area contributed by atoms with Crippen LogP contribution in [-0.2, 0) is 9.53 Å². The summed E-state index contributed by atoms with van der Waals surface area (Å²) in [6.45, 7) is 3.11. The molecule has 0 aliphatic carbocycles. The number of carbonyl (C=O) groups is 2. The number of carbonyl (C=O) groups excluding carboxylic acids is 2. The molecule has 114 valence electrons. The summed E-state index contributed by atoms with van der Waals surface area (Å²) in [5.74, 6) is -0.594. The van der Waals surface area contributed by atoms with Crippen LogP contribution in [0.3, 0.4) is 0 Å². The van der Waals surface area contributed by atoms with Crippen molar-refractivity contribution in [3.63, 3.8) is 0 Å². The van der Waals surface area contributed by atoms with Gasteiger partial charge < -0.3 is 14.7 Å². The van der Waals surface area contributed by atoms with Gasteiger partial charge in [-0.05, 0) is 12.1 Å². The summed E-state index contributed by atoms with van der Waals surface area (Å²) in [7, 11) is 1.37. The lowest BCUT2D eigenvalue weighted by Gasteiger charge is -2.34. The SMILES string of the molecule is COC(=O)CCN1CCN(C(=O)c2ncccc2O)CC1. The first-order valence-corrected chi connectivity index (χ1v) is 6.84. The largest absolute Gasteiger partial charge is 0.505 e. The zero-order valence-corrected chi connectivity index (χ0v) is 12.0. The van der Waals surface area contributed by atoms with Crippen LogP contribution in [0, 0.1) is 0 Å². The molecule has 1 saturated heterocycles. The second kappa shape index (κ2) is 7.03. The molecular weight excluding hydrogens is 274 g/mol. The average molecular weight is 293 g/mol. The van der Waals surface area contributed by atoms with Gasteiger partial charge in [0.05, 0.1) is 13.5 Å². The summed E-state index contributed by atoms with van der Waals surface area (Å²) in [5.41, 5.74) is 0.0838. The fourth-order valence-corrected chi connectivity index (χ4v) is 2.24. The number of nitrogens with zero attached hydrogens (tertiary/aromatic N) is 3. The first-order valence-electron chi connectivity index (χ1n) is 6.84. The Morgan fingerprint density at radius 3 is 2.67 bits per heavy atom. The van der Waals surface area contributed by atoms with E-state index in [-0.39, 0.29) is 23.3 Å². The lowest BCUT2D eigenvalue weighted by atomic mass is 10.2. The summed E-state index contributed by atoms with van der Waals surface area (Å²) < 4.78 is 4.61. The second-order valence-corrected chi connectivity index (χ2v) is 4.83. The summed E-state index contributed by atoms with van der Waals surface area (Å²) in [6.07, 6.45) is 1.84. The minimum atomic E-state index is -0.263. The van der Waals surface area contributed by atoms with E-state index >= 15 is 0 Å². The van der Waals surface area contributed by atoms with Crippen molar-refractivity contribution in [1.29, 1.82) is 0 Å². The third-order valence-corrected chi connectivity index (χ3v) is 3.51. The van der Waals surface area contributed by atoms with Crippen molar-refractivity contribution in [2.45, 2.75) is 6.42 Å². The number of amides is 1. The van der Waals surface area contributed by atoms with E-state index in [2.05, 4.69) is 14.6 Å². The van der Waals surface area contributed by atoms with Gasteiger partial charge in [-0.2, -0.15) is 0 Å². The second-order valence-electron chi connectivity index (χ2n) is 4.83. The predicted molar refractivity (Wildman–Crippen MR) is 74.9 cm³/mol. The molecule has 0 aromatic carbocycles. The molecule has 1 aromatic rings. The molecular formula is C14H19N3O4. The van der Waals surface area contributed by atoms with Crippen LogP contribution in [0.4, 0.5) is 0 Å². The Morgan fingerprint density at radius 1 is 1.33 bits per heavy atom. The summed E-state index contributed by atoms with van der Waals surface area (Å²) >= 11 is 0. The maximum atomic E-state index is 12.3. The van der Waals surface area contributed by atoms with Crippen LogP contribution >= 0.6 is 0 Å². The number of piperazine rings is 1. The zero-order chi connectivity index (χ0) is 15.2. The van der Waals surface area contributed by atoms with Gasteiger partial charge >= 0.3 is 5.97 Å². The van der Waals surface area contributed by atoms with Crippen LogP contribution in [-0.4, -0.2) is 71.6 Å². The Kier molecular flexibility index (Phi) is 5.10. The predicted octanol–water partition coefficient (Wildman–Crippen LogP) is 0.108. The van der Waals surface area contributed by atoms with Crippen LogP contribution in [0.1, 0.15) is 16.9 Å². The number of hydrogen-bond donors (Lipinski definition) is 1. The molecule has 0 bridgehead atoms. The Bertz CT molecular complexity index is 513. The molecule has 2 rings (SSSR count). The Morgan fingerprint density at radius 2 is 2.05 bits per heavy atom. The molecule has 0 radical (unpaired) electrons. The molecule has 0 spiro atoms. The molecule has 1 aromatic heterocycles. The molecule has 0 saturated carbocycles. The number of esters is 1. The van der Waals surface area contributed by atoms with Crippen LogP contribution in [0.15, 0.2) is 18.3 Å². The van der Waals surface area contributed by atoms with E-state index in [1.165, 1.54) is 19.4 Å². The van der Waals surface area contributed by atoms with Crippen LogP contribution < -0.4 is 0 Å². The van der Waals surface area contributed by atoms with Gasteiger partial charge in [-0.3, -0.25) is 14.5 Å². The molecule has 0 atom stereocenters. The first-order chi connectivity index (χ1) is 10.1. The van der Waals surface area contributed by atoms with Crippen molar-refractivity contribution < 1.29 is 19.4 Å². The molecule has 1 aliphatic rings. The van der Waals surface area contributed by atoms with Crippen molar-refractivity contribution in [2.24, 2.45) is 0 Å². The third kappa shape index (κ3) is 3.91. The van der Waals surface area contributed by atoms with Gasteiger partial charge in [-0.15, -0.1) is 0 Å². The van der Waals surface area contributed by atoms with Crippen LogP contribution in [0.25, 0.3) is 0 Å². The molecule has 7 heteroatoms. The highest BCUT2D eigenvalue weighted by Crippen LogP contribution is 2.16. The van der Waals surface area contributed by atoms with Gasteiger partial charge in [0.15, 0.2) is 5.69 Å². The first kappa shape index (κ1) is 15.2. The van der Waals surface area contributed by atoms with Crippen molar-refractivity contribution in [3.05, 3.63) is 24.0 Å². The Labute approximate surface area is 123 Å². The van der Waals surface area contributed by atoms with E-state index < -0.39 is 0 Å². The number of hydrogen-bond acceptors (Lipinski definition) is 6. The molecule has 1 fully saturated rings. The van der Waals surface area contributed by atoms with Gasteiger partial charge in [0.25, 0.3) is 5.91 Å². The number of aromatic nitrogens is 1. The number of aromatic hydroxyl groups is 1. The maximum Gasteiger partial charge on any atom is 0.306 e. The third-order valence-electron chi connectivity index (χ3n) is 3.51. The van der Waals surface area contributed by atoms with Gasteiger partial charge in [0.2, 0.25) is 0 Å². The van der Waals surface area contributed by atoms with Crippen molar-refractivity contribution >= 4 is 11.9 Å². The number of methoxy groups -OCH3 is 1. The minimum absolute atomic E-state index is 0.0838. The van der Waals surface area contributed by atoms with E-state index in [9.17, 15) is 14.7 Å². The maximum absolute atomic E-state index is 12.3. The number of pyridine rings is 1. The number of ether oxygens (including phenoxy) is 1. The zero-order valence-electron chi connectivity index (χ0n) is 12.0. The molecule has 1 aliphatic heterocycles. The average Bonchev–Trinajstić information content (AvgIpc) is 2.53. The molecule has 7 nitrogen and oxygen atoms in total. The summed E-state index contributed by atoms with van der Waals surface area (Å²) in [6, 6.07) is 3.03. The molecule has 21 heavy (non-hydrogen) atoms. The Balaban J connectivity index is 1.85. The highest BCUT2D eigenvalue weighted by molar-refractivity contribution is 5.94. The molecule has 2 heterocycles. The van der Waals surface area contributed by atoms with E-state index in [4.69, 9.17) is 0 Å². The molecule has 1 N–H and O–H groups in total. The smallest absolute Gasteiger partial charge is 0.306 e. The normalized spacial score (nSPS) is 15.8. The standard InChI is InChI=1S/C14H19N3O4/c1-21-12(19)4-6-16-7-9-17(10-8-16)14(20)13-11(18)3-2-5-15-13/h2-3,5,18H,4,6-10H2,1H3. The molecule has 0 unspecified atom stereocenters. The lowest BCUT2D eigenvalue weighted by molar-refractivity contribution is -0.141. The monoisotopic (exact) mass is 293 g/mol. The molecule has 1 amide bonds. The summed E-state index contributed by atoms with van der Waals surface area (Å²) in [4.78, 5) is 31.1. The highest BCUT2D eigenvalue weighted by atomic mass is 16.5. The number of rotatable bonds is 4. The van der Waals surface area contributed by atoms with E-state index in [0.717, 1.165) is 0 Å².